The highest BCUT2D eigenvalue weighted by Crippen LogP contribution is 2.61. The van der Waals surface area contributed by atoms with Crippen LogP contribution in [-0.4, -0.2) is 124 Å². The van der Waals surface area contributed by atoms with Gasteiger partial charge in [-0.15, -0.1) is 11.8 Å². The van der Waals surface area contributed by atoms with Crippen LogP contribution in [0, 0.1) is 17.8 Å². The maximum Gasteiger partial charge on any atom is 0.247 e. The number of hydrogen-bond acceptors (Lipinski definition) is 7. The molecule has 5 aliphatic rings. The lowest BCUT2D eigenvalue weighted by atomic mass is 9.78. The summed E-state index contributed by atoms with van der Waals surface area (Å²) in [5, 5.41) is 10.3. The largest absolute Gasteiger partial charge is 0.394 e. The number of hydrogen-bond donors (Lipinski definition) is 1. The quantitative estimate of drug-likeness (QED) is 0.458. The first kappa shape index (κ1) is 29.4. The predicted octanol–water partition coefficient (Wildman–Crippen LogP) is 1.63. The predicted molar refractivity (Wildman–Crippen MR) is 161 cm³/mol. The Morgan fingerprint density at radius 1 is 0.976 bits per heavy atom. The lowest BCUT2D eigenvalue weighted by Crippen LogP contribution is -2.58. The van der Waals surface area contributed by atoms with E-state index in [9.17, 15) is 19.5 Å². The molecule has 0 aliphatic carbocycles. The van der Waals surface area contributed by atoms with E-state index in [-0.39, 0.29) is 35.5 Å². The Hall–Kier alpha value is -2.66. The second-order valence-electron chi connectivity index (χ2n) is 12.4. The third kappa shape index (κ3) is 5.10. The highest BCUT2D eigenvalue weighted by molar-refractivity contribution is 8.02. The number of carbonyl (C=O) groups excluding carboxylic acids is 3. The zero-order chi connectivity index (χ0) is 29.4. The van der Waals surface area contributed by atoms with Crippen LogP contribution >= 0.6 is 11.8 Å². The second-order valence-corrected chi connectivity index (χ2v) is 13.8. The monoisotopic (exact) mass is 594 g/mol. The molecule has 3 fully saturated rings. The molecular weight excluding hydrogens is 552 g/mol. The topological polar surface area (TPSA) is 93.6 Å². The smallest absolute Gasteiger partial charge is 0.247 e. The molecule has 3 amide bonds. The fourth-order valence-electron chi connectivity index (χ4n) is 7.39. The molecule has 1 spiro atoms. The Kier molecular flexibility index (Phi) is 8.51. The van der Waals surface area contributed by atoms with Crippen LogP contribution in [0.5, 0.6) is 0 Å². The summed E-state index contributed by atoms with van der Waals surface area (Å²) in [6.45, 7) is 9.47. The van der Waals surface area contributed by atoms with Crippen molar-refractivity contribution in [1.29, 1.82) is 0 Å². The van der Waals surface area contributed by atoms with E-state index >= 15 is 0 Å². The number of likely N-dealkylation sites (tertiary alicyclic amines) is 1. The molecule has 9 nitrogen and oxygen atoms in total. The van der Waals surface area contributed by atoms with Gasteiger partial charge in [-0.05, 0) is 11.5 Å². The fourth-order valence-corrected chi connectivity index (χ4v) is 9.38. The number of aliphatic hydroxyl groups is 1. The fraction of sp³-hybridized carbons (Fsp3) is 0.594. The van der Waals surface area contributed by atoms with E-state index < -0.39 is 28.7 Å². The van der Waals surface area contributed by atoms with Crippen molar-refractivity contribution in [3.8, 4) is 0 Å². The molecule has 6 atom stereocenters. The number of rotatable bonds is 8. The lowest BCUT2D eigenvalue weighted by molar-refractivity contribution is -0.148. The SMILES string of the molecule is CC(C)[C@H](CO)N1C(=O)[C@@H]2[C@@H]3C(=O)N(Cc4ccccc4)CC=C[C@@H]3S[C@@]23C=CCN(CCN2CCOCC2)C(=O)C13. The minimum Gasteiger partial charge on any atom is -0.394 e. The summed E-state index contributed by atoms with van der Waals surface area (Å²) in [7, 11) is 0. The number of fused-ring (bicyclic) bond motifs is 2. The van der Waals surface area contributed by atoms with Crippen molar-refractivity contribution in [2.24, 2.45) is 17.8 Å². The third-order valence-corrected chi connectivity index (χ3v) is 11.3. The standard InChI is InChI=1S/C32H42N4O5S/c1-22(2)24(21-37)36-28-31(40)34(15-14-33-16-18-41-19-17-33)13-7-11-32(28)27(30(36)39)26-25(42-32)10-6-12-35(29(26)38)20-23-8-4-3-5-9-23/h3-11,22,24-28,37H,12-21H2,1-2H3/t24-,25-,26+,27-,28?,32-/m0/s1. The Balaban J connectivity index is 1.35. The molecule has 10 heteroatoms. The summed E-state index contributed by atoms with van der Waals surface area (Å²) in [5.74, 6) is -1.65. The highest BCUT2D eigenvalue weighted by atomic mass is 32.2. The van der Waals surface area contributed by atoms with Gasteiger partial charge >= 0.3 is 0 Å². The highest BCUT2D eigenvalue weighted by Gasteiger charge is 2.71. The molecule has 3 saturated heterocycles. The summed E-state index contributed by atoms with van der Waals surface area (Å²) in [4.78, 5) is 51.1. The van der Waals surface area contributed by atoms with Gasteiger partial charge in [-0.2, -0.15) is 0 Å². The Bertz CT molecular complexity index is 1230. The minimum atomic E-state index is -0.880. The van der Waals surface area contributed by atoms with Crippen molar-refractivity contribution < 1.29 is 24.2 Å². The molecule has 226 valence electrons. The van der Waals surface area contributed by atoms with Crippen molar-refractivity contribution >= 4 is 29.5 Å². The van der Waals surface area contributed by atoms with Crippen LogP contribution in [0.25, 0.3) is 0 Å². The van der Waals surface area contributed by atoms with Crippen LogP contribution in [-0.2, 0) is 25.7 Å². The van der Waals surface area contributed by atoms with Gasteiger partial charge in [0.25, 0.3) is 0 Å². The van der Waals surface area contributed by atoms with Crippen molar-refractivity contribution in [3.05, 3.63) is 60.2 Å². The zero-order valence-electron chi connectivity index (χ0n) is 24.5. The molecule has 6 rings (SSSR count). The first-order valence-electron chi connectivity index (χ1n) is 15.2. The van der Waals surface area contributed by atoms with Crippen LogP contribution in [0.15, 0.2) is 54.6 Å². The molecule has 0 aromatic heterocycles. The molecule has 1 aromatic rings. The van der Waals surface area contributed by atoms with Crippen molar-refractivity contribution in [1.82, 2.24) is 19.6 Å². The molecule has 42 heavy (non-hydrogen) atoms. The molecule has 5 heterocycles. The van der Waals surface area contributed by atoms with E-state index in [1.165, 1.54) is 0 Å². The normalized spacial score (nSPS) is 32.2. The molecular formula is C32H42N4O5S. The molecule has 1 aromatic carbocycles. The Morgan fingerprint density at radius 2 is 1.71 bits per heavy atom. The number of carbonyl (C=O) groups is 3. The second kappa shape index (κ2) is 12.1. The lowest BCUT2D eigenvalue weighted by Gasteiger charge is -2.40. The summed E-state index contributed by atoms with van der Waals surface area (Å²) < 4.78 is 4.61. The van der Waals surface area contributed by atoms with Crippen LogP contribution in [0.4, 0.5) is 0 Å². The molecule has 5 aliphatic heterocycles. The Morgan fingerprint density at radius 3 is 2.43 bits per heavy atom. The number of morpholine rings is 1. The first-order chi connectivity index (χ1) is 20.4. The molecule has 1 N–H and O–H groups in total. The molecule has 1 unspecified atom stereocenters. The van der Waals surface area contributed by atoms with Crippen molar-refractivity contribution in [2.75, 3.05) is 59.1 Å². The maximum absolute atomic E-state index is 14.6. The average molecular weight is 595 g/mol. The van der Waals surface area contributed by atoms with E-state index in [1.54, 1.807) is 16.7 Å². The average Bonchev–Trinajstić information content (AvgIpc) is 3.31. The van der Waals surface area contributed by atoms with Gasteiger partial charge < -0.3 is 24.5 Å². The summed E-state index contributed by atoms with van der Waals surface area (Å²) in [6, 6.07) is 8.61. The number of nitrogens with zero attached hydrogens (tertiary/aromatic N) is 4. The number of aliphatic hydroxyl groups excluding tert-OH is 1. The van der Waals surface area contributed by atoms with Gasteiger partial charge in [0.2, 0.25) is 17.7 Å². The summed E-state index contributed by atoms with van der Waals surface area (Å²) in [6.07, 6.45) is 8.20. The number of benzene rings is 1. The number of ether oxygens (including phenoxy) is 1. The van der Waals surface area contributed by atoms with Crippen LogP contribution in [0.1, 0.15) is 19.4 Å². The third-order valence-electron chi connectivity index (χ3n) is 9.58. The summed E-state index contributed by atoms with van der Waals surface area (Å²) in [5.41, 5.74) is 1.04. The molecule has 0 saturated carbocycles. The molecule has 0 radical (unpaired) electrons. The van der Waals surface area contributed by atoms with Crippen LogP contribution < -0.4 is 0 Å². The first-order valence-corrected chi connectivity index (χ1v) is 16.1. The van der Waals surface area contributed by atoms with Crippen LogP contribution in [0.3, 0.4) is 0 Å². The zero-order valence-corrected chi connectivity index (χ0v) is 25.3. The van der Waals surface area contributed by atoms with E-state index in [0.29, 0.717) is 39.4 Å². The van der Waals surface area contributed by atoms with Crippen molar-refractivity contribution in [3.63, 3.8) is 0 Å². The van der Waals surface area contributed by atoms with E-state index in [2.05, 4.69) is 17.1 Å². The van der Waals surface area contributed by atoms with Gasteiger partial charge in [0.15, 0.2) is 0 Å². The number of amides is 3. The van der Waals surface area contributed by atoms with Gasteiger partial charge in [-0.25, -0.2) is 0 Å². The van der Waals surface area contributed by atoms with Gasteiger partial charge in [0, 0.05) is 51.1 Å². The van der Waals surface area contributed by atoms with Gasteiger partial charge in [-0.1, -0.05) is 68.5 Å². The number of thioether (sulfide) groups is 1. The molecule has 0 bridgehead atoms. The van der Waals surface area contributed by atoms with E-state index in [4.69, 9.17) is 4.74 Å². The van der Waals surface area contributed by atoms with Gasteiger partial charge in [0.1, 0.15) is 6.04 Å². The van der Waals surface area contributed by atoms with Gasteiger partial charge in [-0.3, -0.25) is 19.3 Å². The minimum absolute atomic E-state index is 0.0449. The van der Waals surface area contributed by atoms with Gasteiger partial charge in [0.05, 0.1) is 42.4 Å². The van der Waals surface area contributed by atoms with Crippen LogP contribution in [0.2, 0.25) is 0 Å². The van der Waals surface area contributed by atoms with Crippen molar-refractivity contribution in [2.45, 2.75) is 42.5 Å². The summed E-state index contributed by atoms with van der Waals surface area (Å²) >= 11 is 1.59. The van der Waals surface area contributed by atoms with E-state index in [1.807, 2.05) is 66.1 Å². The maximum atomic E-state index is 14.6. The van der Waals surface area contributed by atoms with E-state index in [0.717, 1.165) is 25.2 Å². The Labute approximate surface area is 252 Å².